The Labute approximate surface area is 140 Å². The summed E-state index contributed by atoms with van der Waals surface area (Å²) in [5.41, 5.74) is 3.42. The second-order valence-corrected chi connectivity index (χ2v) is 5.59. The van der Waals surface area contributed by atoms with E-state index in [-0.39, 0.29) is 0 Å². The van der Waals surface area contributed by atoms with E-state index in [4.69, 9.17) is 4.74 Å². The molecule has 0 saturated heterocycles. The zero-order valence-electron chi connectivity index (χ0n) is 13.4. The molecule has 0 radical (unpaired) electrons. The summed E-state index contributed by atoms with van der Waals surface area (Å²) < 4.78 is 5.37. The Balaban J connectivity index is 1.63. The molecule has 0 spiro atoms. The van der Waals surface area contributed by atoms with E-state index in [1.807, 2.05) is 30.3 Å². The molecule has 1 aliphatic heterocycles. The molecule has 0 saturated carbocycles. The van der Waals surface area contributed by atoms with Crippen LogP contribution in [-0.2, 0) is 6.42 Å². The summed E-state index contributed by atoms with van der Waals surface area (Å²) in [6.45, 7) is 0.935. The quantitative estimate of drug-likeness (QED) is 0.790. The Morgan fingerprint density at radius 2 is 1.88 bits per heavy atom. The lowest BCUT2D eigenvalue weighted by Crippen LogP contribution is -2.15. The van der Waals surface area contributed by atoms with Crippen LogP contribution in [0.15, 0.2) is 60.8 Å². The first-order valence-corrected chi connectivity index (χ1v) is 7.94. The second kappa shape index (κ2) is 6.20. The van der Waals surface area contributed by atoms with E-state index in [1.54, 1.807) is 13.3 Å². The molecule has 120 valence electrons. The van der Waals surface area contributed by atoms with Gasteiger partial charge in [0.15, 0.2) is 0 Å². The van der Waals surface area contributed by atoms with Crippen LogP contribution in [0.2, 0.25) is 0 Å². The smallest absolute Gasteiger partial charge is 0.229 e. The number of benzene rings is 2. The number of ether oxygens (including phenoxy) is 1. The van der Waals surface area contributed by atoms with Crippen molar-refractivity contribution in [3.63, 3.8) is 0 Å². The number of hydrogen-bond donors (Lipinski definition) is 1. The maximum absolute atomic E-state index is 5.37. The number of anilines is 4. The van der Waals surface area contributed by atoms with Crippen molar-refractivity contribution in [1.82, 2.24) is 9.97 Å². The van der Waals surface area contributed by atoms with Gasteiger partial charge in [-0.1, -0.05) is 30.3 Å². The highest BCUT2D eigenvalue weighted by molar-refractivity contribution is 5.69. The molecule has 1 N–H and O–H groups in total. The van der Waals surface area contributed by atoms with Gasteiger partial charge in [-0.2, -0.15) is 4.98 Å². The third-order valence-electron chi connectivity index (χ3n) is 4.16. The van der Waals surface area contributed by atoms with Gasteiger partial charge in [0.1, 0.15) is 11.6 Å². The van der Waals surface area contributed by atoms with Crippen LogP contribution in [0.25, 0.3) is 0 Å². The Kier molecular flexibility index (Phi) is 3.75. The van der Waals surface area contributed by atoms with Crippen molar-refractivity contribution in [2.45, 2.75) is 6.42 Å². The summed E-state index contributed by atoms with van der Waals surface area (Å²) in [7, 11) is 1.65. The highest BCUT2D eigenvalue weighted by Crippen LogP contribution is 2.33. The molecule has 0 amide bonds. The lowest BCUT2D eigenvalue weighted by molar-refractivity contribution is 0.417. The summed E-state index contributed by atoms with van der Waals surface area (Å²) in [5, 5.41) is 3.24. The van der Waals surface area contributed by atoms with Crippen LogP contribution in [0, 0.1) is 0 Å². The second-order valence-electron chi connectivity index (χ2n) is 5.59. The summed E-state index contributed by atoms with van der Waals surface area (Å²) in [6.07, 6.45) is 2.82. The van der Waals surface area contributed by atoms with E-state index in [9.17, 15) is 0 Å². The lowest BCUT2D eigenvalue weighted by Gasteiger charge is -2.19. The van der Waals surface area contributed by atoms with Crippen molar-refractivity contribution in [2.24, 2.45) is 0 Å². The predicted molar refractivity (Wildman–Crippen MR) is 95.5 cm³/mol. The van der Waals surface area contributed by atoms with Crippen LogP contribution in [0.4, 0.5) is 23.1 Å². The molecule has 2 heterocycles. The summed E-state index contributed by atoms with van der Waals surface area (Å²) in [6, 6.07) is 18.1. The van der Waals surface area contributed by atoms with Crippen molar-refractivity contribution in [3.05, 3.63) is 66.4 Å². The van der Waals surface area contributed by atoms with Crippen LogP contribution >= 0.6 is 0 Å². The van der Waals surface area contributed by atoms with E-state index in [0.29, 0.717) is 5.95 Å². The largest absolute Gasteiger partial charge is 0.495 e. The van der Waals surface area contributed by atoms with Crippen molar-refractivity contribution in [2.75, 3.05) is 23.9 Å². The van der Waals surface area contributed by atoms with Gasteiger partial charge in [-0.3, -0.25) is 0 Å². The molecule has 5 nitrogen and oxygen atoms in total. The van der Waals surface area contributed by atoms with Gasteiger partial charge in [-0.05, 0) is 36.2 Å². The Morgan fingerprint density at radius 1 is 1.04 bits per heavy atom. The minimum absolute atomic E-state index is 0.557. The number of aromatic nitrogens is 2. The molecule has 0 fully saturated rings. The molecule has 5 heteroatoms. The first-order chi connectivity index (χ1) is 11.8. The third-order valence-corrected chi connectivity index (χ3v) is 4.16. The fraction of sp³-hybridized carbons (Fsp3) is 0.158. The Bertz CT molecular complexity index is 865. The van der Waals surface area contributed by atoms with E-state index in [1.165, 1.54) is 11.3 Å². The summed E-state index contributed by atoms with van der Waals surface area (Å²) >= 11 is 0. The molecule has 24 heavy (non-hydrogen) atoms. The highest BCUT2D eigenvalue weighted by Gasteiger charge is 2.21. The third kappa shape index (κ3) is 2.65. The van der Waals surface area contributed by atoms with Crippen LogP contribution in [0.1, 0.15) is 5.56 Å². The Morgan fingerprint density at radius 3 is 2.79 bits per heavy atom. The number of nitrogens with one attached hydrogen (secondary N) is 1. The number of nitrogens with zero attached hydrogens (tertiary/aromatic N) is 3. The molecular formula is C19H18N4O. The molecule has 0 aliphatic carbocycles. The molecule has 4 rings (SSSR count). The number of methoxy groups -OCH3 is 1. The van der Waals surface area contributed by atoms with E-state index < -0.39 is 0 Å². The van der Waals surface area contributed by atoms with Crippen molar-refractivity contribution in [1.29, 1.82) is 0 Å². The molecule has 3 aromatic rings. The maximum Gasteiger partial charge on any atom is 0.229 e. The van der Waals surface area contributed by atoms with Crippen LogP contribution in [0.5, 0.6) is 5.75 Å². The molecule has 1 aromatic heterocycles. The average molecular weight is 318 g/mol. The number of fused-ring (bicyclic) bond motifs is 1. The summed E-state index contributed by atoms with van der Waals surface area (Å²) in [5.74, 6) is 2.21. The van der Waals surface area contributed by atoms with Crippen LogP contribution in [-0.4, -0.2) is 23.6 Å². The average Bonchev–Trinajstić information content (AvgIpc) is 3.06. The molecule has 2 aromatic carbocycles. The van der Waals surface area contributed by atoms with E-state index >= 15 is 0 Å². The van der Waals surface area contributed by atoms with Gasteiger partial charge >= 0.3 is 0 Å². The van der Waals surface area contributed by atoms with Gasteiger partial charge in [-0.25, -0.2) is 4.98 Å². The fourth-order valence-electron chi connectivity index (χ4n) is 3.00. The van der Waals surface area contributed by atoms with Gasteiger partial charge in [0.25, 0.3) is 0 Å². The van der Waals surface area contributed by atoms with Crippen LogP contribution < -0.4 is 15.0 Å². The summed E-state index contributed by atoms with van der Waals surface area (Å²) in [4.78, 5) is 11.2. The lowest BCUT2D eigenvalue weighted by atomic mass is 10.2. The van der Waals surface area contributed by atoms with Crippen LogP contribution in [0.3, 0.4) is 0 Å². The monoisotopic (exact) mass is 318 g/mol. The zero-order valence-corrected chi connectivity index (χ0v) is 13.4. The number of para-hydroxylation sites is 3. The normalized spacial score (nSPS) is 12.8. The fourth-order valence-corrected chi connectivity index (χ4v) is 3.00. The standard InChI is InChI=1S/C19H18N4O/c1-24-17-9-5-3-7-15(17)21-19-20-12-10-18(22-19)23-13-11-14-6-2-4-8-16(14)23/h2-10,12H,11,13H2,1H3,(H,20,21,22). The molecule has 1 aliphatic rings. The predicted octanol–water partition coefficient (Wildman–Crippen LogP) is 3.92. The van der Waals surface area contributed by atoms with E-state index in [2.05, 4.69) is 44.5 Å². The maximum atomic E-state index is 5.37. The highest BCUT2D eigenvalue weighted by atomic mass is 16.5. The minimum Gasteiger partial charge on any atom is -0.495 e. The number of rotatable bonds is 4. The van der Waals surface area contributed by atoms with Crippen molar-refractivity contribution >= 4 is 23.1 Å². The number of hydrogen-bond acceptors (Lipinski definition) is 5. The zero-order chi connectivity index (χ0) is 16.4. The molecular weight excluding hydrogens is 300 g/mol. The van der Waals surface area contributed by atoms with Gasteiger partial charge in [-0.15, -0.1) is 0 Å². The van der Waals surface area contributed by atoms with Gasteiger partial charge in [0, 0.05) is 18.4 Å². The SMILES string of the molecule is COc1ccccc1Nc1nccc(N2CCc3ccccc32)n1. The molecule has 0 unspecified atom stereocenters. The first-order valence-electron chi connectivity index (χ1n) is 7.94. The van der Waals surface area contributed by atoms with Crippen molar-refractivity contribution < 1.29 is 4.74 Å². The van der Waals surface area contributed by atoms with Crippen molar-refractivity contribution in [3.8, 4) is 5.75 Å². The minimum atomic E-state index is 0.557. The van der Waals surface area contributed by atoms with E-state index in [0.717, 1.165) is 30.2 Å². The molecule has 0 atom stereocenters. The van der Waals surface area contributed by atoms with Gasteiger partial charge in [0.05, 0.1) is 12.8 Å². The Hall–Kier alpha value is -3.08. The topological polar surface area (TPSA) is 50.3 Å². The molecule has 0 bridgehead atoms. The van der Waals surface area contributed by atoms with Gasteiger partial charge < -0.3 is 15.0 Å². The first kappa shape index (κ1) is 14.5. The van der Waals surface area contributed by atoms with Gasteiger partial charge in [0.2, 0.25) is 5.95 Å².